The Balaban J connectivity index is 2.45. The van der Waals surface area contributed by atoms with Crippen LogP contribution < -0.4 is 0 Å². The first-order valence-electron chi connectivity index (χ1n) is 6.15. The quantitative estimate of drug-likeness (QED) is 0.512. The maximum absolute atomic E-state index is 12.5. The first-order chi connectivity index (χ1) is 11.1. The van der Waals surface area contributed by atoms with E-state index in [2.05, 4.69) is 0 Å². The molecule has 24 heavy (non-hydrogen) atoms. The molecule has 12 heteroatoms. The van der Waals surface area contributed by atoms with Gasteiger partial charge in [0, 0.05) is 23.8 Å². The molecular weight excluding hydrogens is 346 g/mol. The zero-order chi connectivity index (χ0) is 17.8. The van der Waals surface area contributed by atoms with Crippen molar-refractivity contribution in [1.82, 2.24) is 0 Å². The molecule has 0 fully saturated rings. The summed E-state index contributed by atoms with van der Waals surface area (Å²) in [6.45, 7) is 0. The molecule has 122 valence electrons. The maximum Gasteiger partial charge on any atom is 0.285 e. The largest absolute Gasteiger partial charge is 0.285 e. The van der Waals surface area contributed by atoms with Gasteiger partial charge in [0.1, 0.15) is 0 Å². The lowest BCUT2D eigenvalue weighted by Gasteiger charge is -2.01. The van der Waals surface area contributed by atoms with E-state index >= 15 is 0 Å². The third kappa shape index (κ3) is 2.00. The average Bonchev–Trinajstić information content (AvgIpc) is 2.74. The van der Waals surface area contributed by atoms with E-state index in [0.717, 1.165) is 18.2 Å². The van der Waals surface area contributed by atoms with E-state index in [1.807, 2.05) is 0 Å². The molecule has 0 aromatic heterocycles. The predicted octanol–water partition coefficient (Wildman–Crippen LogP) is 2.22. The van der Waals surface area contributed by atoms with Gasteiger partial charge in [0.05, 0.1) is 36.2 Å². The highest BCUT2D eigenvalue weighted by molar-refractivity contribution is 7.92. The fraction of sp³-hybridized carbons (Fsp3) is 0. The molecule has 0 saturated heterocycles. The average molecular weight is 351 g/mol. The molecule has 1 heterocycles. The predicted molar refractivity (Wildman–Crippen MR) is 77.3 cm³/mol. The Morgan fingerprint density at radius 3 is 1.88 bits per heavy atom. The smallest absolute Gasteiger partial charge is 0.258 e. The van der Waals surface area contributed by atoms with Crippen molar-refractivity contribution in [1.29, 1.82) is 0 Å². The first-order valence-corrected chi connectivity index (χ1v) is 7.63. The van der Waals surface area contributed by atoms with Crippen molar-refractivity contribution in [2.24, 2.45) is 0 Å². The Hall–Kier alpha value is -3.41. The van der Waals surface area contributed by atoms with Crippen LogP contribution in [0.2, 0.25) is 0 Å². The lowest BCUT2D eigenvalue weighted by molar-refractivity contribution is -0.394. The molecule has 1 aliphatic heterocycles. The van der Waals surface area contributed by atoms with Gasteiger partial charge in [-0.05, 0) is 6.07 Å². The Kier molecular flexibility index (Phi) is 3.09. The van der Waals surface area contributed by atoms with Crippen molar-refractivity contribution in [3.8, 4) is 11.1 Å². The van der Waals surface area contributed by atoms with Gasteiger partial charge in [-0.1, -0.05) is 0 Å². The molecule has 11 nitrogen and oxygen atoms in total. The number of rotatable bonds is 3. The van der Waals surface area contributed by atoms with Crippen molar-refractivity contribution in [3.63, 3.8) is 0 Å². The maximum atomic E-state index is 12.5. The van der Waals surface area contributed by atoms with Crippen LogP contribution in [-0.4, -0.2) is 23.2 Å². The zero-order valence-corrected chi connectivity index (χ0v) is 12.2. The van der Waals surface area contributed by atoms with Gasteiger partial charge < -0.3 is 0 Å². The van der Waals surface area contributed by atoms with Crippen LogP contribution in [0, 0.1) is 30.3 Å². The second-order valence-electron chi connectivity index (χ2n) is 4.79. The fourth-order valence-electron chi connectivity index (χ4n) is 2.49. The highest BCUT2D eigenvalue weighted by Crippen LogP contribution is 2.50. The zero-order valence-electron chi connectivity index (χ0n) is 11.4. The Labute approximate surface area is 132 Å². The highest BCUT2D eigenvalue weighted by atomic mass is 32.2. The summed E-state index contributed by atoms with van der Waals surface area (Å²) in [7, 11) is -4.35. The number of sulfone groups is 1. The van der Waals surface area contributed by atoms with Gasteiger partial charge >= 0.3 is 0 Å². The van der Waals surface area contributed by atoms with E-state index < -0.39 is 51.5 Å². The number of nitrogens with zero attached hydrogens (tertiary/aromatic N) is 3. The lowest BCUT2D eigenvalue weighted by Crippen LogP contribution is -2.00. The molecule has 2 aromatic carbocycles. The van der Waals surface area contributed by atoms with Crippen molar-refractivity contribution in [3.05, 3.63) is 60.7 Å². The van der Waals surface area contributed by atoms with Crippen LogP contribution in [-0.2, 0) is 9.84 Å². The van der Waals surface area contributed by atoms with E-state index in [1.165, 1.54) is 0 Å². The van der Waals surface area contributed by atoms with Crippen LogP contribution in [0.4, 0.5) is 17.1 Å². The Morgan fingerprint density at radius 1 is 0.750 bits per heavy atom. The SMILES string of the molecule is O=[N+]([O-])c1ccc2c(c1)S(=O)(=O)c1cc([N+](=O)[O-])cc([N+](=O)[O-])c1-2. The lowest BCUT2D eigenvalue weighted by atomic mass is 10.0. The van der Waals surface area contributed by atoms with Crippen LogP contribution in [0.25, 0.3) is 11.1 Å². The van der Waals surface area contributed by atoms with E-state index in [-0.39, 0.29) is 11.1 Å². The Morgan fingerprint density at radius 2 is 1.33 bits per heavy atom. The first kappa shape index (κ1) is 15.5. The minimum absolute atomic E-state index is 0.0998. The summed E-state index contributed by atoms with van der Waals surface area (Å²) in [6.07, 6.45) is 0. The monoisotopic (exact) mass is 351 g/mol. The third-order valence-corrected chi connectivity index (χ3v) is 5.32. The molecule has 0 amide bonds. The van der Waals surface area contributed by atoms with Crippen molar-refractivity contribution in [2.45, 2.75) is 9.79 Å². The normalized spacial score (nSPS) is 13.8. The summed E-state index contributed by atoms with van der Waals surface area (Å²) >= 11 is 0. The molecule has 1 aliphatic rings. The van der Waals surface area contributed by atoms with Gasteiger partial charge in [-0.2, -0.15) is 0 Å². The molecule has 0 radical (unpaired) electrons. The summed E-state index contributed by atoms with van der Waals surface area (Å²) < 4.78 is 25.1. The minimum atomic E-state index is -4.35. The number of hydrogen-bond acceptors (Lipinski definition) is 8. The van der Waals surface area contributed by atoms with Gasteiger partial charge in [-0.15, -0.1) is 0 Å². The molecule has 0 saturated carbocycles. The van der Waals surface area contributed by atoms with Crippen molar-refractivity contribution in [2.75, 3.05) is 0 Å². The standard InChI is InChI=1S/C12H5N3O8S/c16-13(17)6-1-2-8-10(4-6)24(22,23)11-5-7(14(18)19)3-9(12(8)11)15(20)21/h1-5H. The van der Waals surface area contributed by atoms with Gasteiger partial charge in [-0.25, -0.2) is 8.42 Å². The summed E-state index contributed by atoms with van der Waals surface area (Å²) in [5.41, 5.74) is -2.43. The summed E-state index contributed by atoms with van der Waals surface area (Å²) in [5.74, 6) is 0. The molecule has 0 N–H and O–H groups in total. The molecule has 0 atom stereocenters. The van der Waals surface area contributed by atoms with Gasteiger partial charge in [0.2, 0.25) is 9.84 Å². The van der Waals surface area contributed by atoms with E-state index in [0.29, 0.717) is 12.1 Å². The number of nitro benzene ring substituents is 3. The highest BCUT2D eigenvalue weighted by Gasteiger charge is 2.41. The topological polar surface area (TPSA) is 164 Å². The van der Waals surface area contributed by atoms with Crippen LogP contribution in [0.1, 0.15) is 0 Å². The summed E-state index contributed by atoms with van der Waals surface area (Å²) in [5, 5.41) is 32.9. The number of nitro groups is 3. The summed E-state index contributed by atoms with van der Waals surface area (Å²) in [6, 6.07) is 4.23. The van der Waals surface area contributed by atoms with E-state index in [9.17, 15) is 38.8 Å². The number of fused-ring (bicyclic) bond motifs is 3. The number of non-ortho nitro benzene ring substituents is 2. The van der Waals surface area contributed by atoms with Crippen LogP contribution in [0.5, 0.6) is 0 Å². The fourth-order valence-corrected chi connectivity index (χ4v) is 4.22. The van der Waals surface area contributed by atoms with Gasteiger partial charge in [-0.3, -0.25) is 30.3 Å². The number of hydrogen-bond donors (Lipinski definition) is 0. The molecule has 0 unspecified atom stereocenters. The molecule has 2 aromatic rings. The number of benzene rings is 2. The molecule has 0 bridgehead atoms. The van der Waals surface area contributed by atoms with Gasteiger partial charge in [0.15, 0.2) is 0 Å². The third-order valence-electron chi connectivity index (χ3n) is 3.50. The second-order valence-corrected chi connectivity index (χ2v) is 6.68. The van der Waals surface area contributed by atoms with Crippen molar-refractivity contribution >= 4 is 26.9 Å². The second kappa shape index (κ2) is 4.79. The Bertz CT molecular complexity index is 1060. The van der Waals surface area contributed by atoms with E-state index in [1.54, 1.807) is 0 Å². The van der Waals surface area contributed by atoms with Gasteiger partial charge in [0.25, 0.3) is 17.1 Å². The van der Waals surface area contributed by atoms with Crippen LogP contribution in [0.15, 0.2) is 40.1 Å². The van der Waals surface area contributed by atoms with Crippen LogP contribution in [0.3, 0.4) is 0 Å². The van der Waals surface area contributed by atoms with E-state index in [4.69, 9.17) is 0 Å². The van der Waals surface area contributed by atoms with Crippen LogP contribution >= 0.6 is 0 Å². The molecule has 3 rings (SSSR count). The summed E-state index contributed by atoms with van der Waals surface area (Å²) in [4.78, 5) is 29.1. The minimum Gasteiger partial charge on any atom is -0.258 e. The molecular formula is C12H5N3O8S. The van der Waals surface area contributed by atoms with Crippen molar-refractivity contribution < 1.29 is 23.2 Å². The molecule has 0 aliphatic carbocycles. The molecule has 0 spiro atoms.